The number of rotatable bonds is 4. The van der Waals surface area contributed by atoms with Gasteiger partial charge in [0.15, 0.2) is 4.90 Å². The molecule has 1 aliphatic heterocycles. The molecule has 1 aliphatic rings. The first-order valence-corrected chi connectivity index (χ1v) is 8.86. The standard InChI is InChI=1S/C12H16F2N2O2S2/c13-10-5-9(15)6-11(14)12(10)20(17,18)16-7-8-1-3-19-4-2-8/h5-6,8,16H,1-4,7,15H2. The molecule has 0 radical (unpaired) electrons. The first kappa shape index (κ1) is 15.5. The zero-order valence-corrected chi connectivity index (χ0v) is 12.4. The van der Waals surface area contributed by atoms with E-state index in [1.165, 1.54) is 0 Å². The van der Waals surface area contributed by atoms with Crippen LogP contribution in [0, 0.1) is 17.6 Å². The van der Waals surface area contributed by atoms with Gasteiger partial charge in [-0.25, -0.2) is 21.9 Å². The summed E-state index contributed by atoms with van der Waals surface area (Å²) < 4.78 is 53.5. The van der Waals surface area contributed by atoms with E-state index in [-0.39, 0.29) is 18.2 Å². The van der Waals surface area contributed by atoms with Crippen LogP contribution >= 0.6 is 11.8 Å². The molecule has 8 heteroatoms. The van der Waals surface area contributed by atoms with Crippen LogP contribution in [-0.4, -0.2) is 26.5 Å². The Morgan fingerprint density at radius 3 is 2.35 bits per heavy atom. The van der Waals surface area contributed by atoms with Crippen molar-refractivity contribution in [2.24, 2.45) is 5.92 Å². The van der Waals surface area contributed by atoms with Crippen LogP contribution < -0.4 is 10.5 Å². The van der Waals surface area contributed by atoms with E-state index in [9.17, 15) is 17.2 Å². The molecule has 1 fully saturated rings. The van der Waals surface area contributed by atoms with Crippen molar-refractivity contribution in [1.29, 1.82) is 0 Å². The number of benzene rings is 1. The van der Waals surface area contributed by atoms with Crippen molar-refractivity contribution in [2.75, 3.05) is 23.8 Å². The van der Waals surface area contributed by atoms with Crippen LogP contribution in [0.1, 0.15) is 12.8 Å². The summed E-state index contributed by atoms with van der Waals surface area (Å²) in [5.41, 5.74) is 5.12. The minimum Gasteiger partial charge on any atom is -0.399 e. The van der Waals surface area contributed by atoms with Crippen LogP contribution in [0.25, 0.3) is 0 Å². The third-order valence-corrected chi connectivity index (χ3v) is 5.72. The van der Waals surface area contributed by atoms with E-state index in [0.29, 0.717) is 0 Å². The van der Waals surface area contributed by atoms with E-state index < -0.39 is 26.6 Å². The molecule has 0 aliphatic carbocycles. The van der Waals surface area contributed by atoms with Gasteiger partial charge in [-0.05, 0) is 42.4 Å². The van der Waals surface area contributed by atoms with Gasteiger partial charge >= 0.3 is 0 Å². The largest absolute Gasteiger partial charge is 0.399 e. The quantitative estimate of drug-likeness (QED) is 0.831. The summed E-state index contributed by atoms with van der Waals surface area (Å²) in [6, 6.07) is 1.60. The molecule has 0 saturated carbocycles. The number of anilines is 1. The predicted octanol–water partition coefficient (Wildman–Crippen LogP) is 1.97. The van der Waals surface area contributed by atoms with Gasteiger partial charge in [-0.15, -0.1) is 0 Å². The molecule has 3 N–H and O–H groups in total. The molecule has 1 saturated heterocycles. The van der Waals surface area contributed by atoms with E-state index in [0.717, 1.165) is 36.5 Å². The van der Waals surface area contributed by atoms with Gasteiger partial charge in [0.05, 0.1) is 0 Å². The summed E-state index contributed by atoms with van der Waals surface area (Å²) >= 11 is 1.82. The Hall–Kier alpha value is -0.860. The van der Waals surface area contributed by atoms with E-state index in [2.05, 4.69) is 4.72 Å². The summed E-state index contributed by atoms with van der Waals surface area (Å²) in [5, 5.41) is 0. The molecule has 112 valence electrons. The maximum atomic E-state index is 13.6. The van der Waals surface area contributed by atoms with Crippen LogP contribution in [0.15, 0.2) is 17.0 Å². The smallest absolute Gasteiger partial charge is 0.246 e. The number of nitrogens with one attached hydrogen (secondary N) is 1. The van der Waals surface area contributed by atoms with Gasteiger partial charge in [-0.2, -0.15) is 11.8 Å². The van der Waals surface area contributed by atoms with Gasteiger partial charge in [0.25, 0.3) is 0 Å². The first-order valence-electron chi connectivity index (χ1n) is 6.22. The molecule has 0 unspecified atom stereocenters. The average Bonchev–Trinajstić information content (AvgIpc) is 2.36. The summed E-state index contributed by atoms with van der Waals surface area (Å²) in [6.07, 6.45) is 1.81. The Balaban J connectivity index is 2.14. The summed E-state index contributed by atoms with van der Waals surface area (Å²) in [6.45, 7) is 0.201. The van der Waals surface area contributed by atoms with Gasteiger partial charge in [-0.3, -0.25) is 0 Å². The lowest BCUT2D eigenvalue weighted by atomic mass is 10.0. The molecule has 0 aromatic heterocycles. The fourth-order valence-electron chi connectivity index (χ4n) is 2.09. The monoisotopic (exact) mass is 322 g/mol. The molecule has 1 aromatic rings. The van der Waals surface area contributed by atoms with Crippen molar-refractivity contribution in [2.45, 2.75) is 17.7 Å². The van der Waals surface area contributed by atoms with Gasteiger partial charge in [-0.1, -0.05) is 0 Å². The number of nitrogens with two attached hydrogens (primary N) is 1. The minimum absolute atomic E-state index is 0.150. The molecule has 0 atom stereocenters. The SMILES string of the molecule is Nc1cc(F)c(S(=O)(=O)NCC2CCSCC2)c(F)c1. The summed E-state index contributed by atoms with van der Waals surface area (Å²) in [7, 11) is -4.20. The molecule has 20 heavy (non-hydrogen) atoms. The van der Waals surface area contributed by atoms with Crippen LogP contribution in [0.4, 0.5) is 14.5 Å². The zero-order valence-electron chi connectivity index (χ0n) is 10.7. The molecule has 0 amide bonds. The molecule has 0 bridgehead atoms. The van der Waals surface area contributed by atoms with Crippen LogP contribution in [0.5, 0.6) is 0 Å². The minimum atomic E-state index is -4.20. The fraction of sp³-hybridized carbons (Fsp3) is 0.500. The second-order valence-corrected chi connectivity index (χ2v) is 7.65. The maximum Gasteiger partial charge on any atom is 0.246 e. The molecule has 1 aromatic carbocycles. The molecular formula is C12H16F2N2O2S2. The lowest BCUT2D eigenvalue weighted by Gasteiger charge is -2.21. The Kier molecular flexibility index (Phi) is 4.87. The van der Waals surface area contributed by atoms with Crippen molar-refractivity contribution >= 4 is 27.5 Å². The van der Waals surface area contributed by atoms with E-state index in [1.54, 1.807) is 0 Å². The van der Waals surface area contributed by atoms with E-state index >= 15 is 0 Å². The zero-order chi connectivity index (χ0) is 14.8. The predicted molar refractivity (Wildman–Crippen MR) is 76.0 cm³/mol. The second kappa shape index (κ2) is 6.28. The number of nitrogen functional groups attached to an aromatic ring is 1. The van der Waals surface area contributed by atoms with Crippen LogP contribution in [0.2, 0.25) is 0 Å². The molecular weight excluding hydrogens is 306 g/mol. The highest BCUT2D eigenvalue weighted by Crippen LogP contribution is 2.24. The Bertz CT molecular complexity index is 564. The normalized spacial score (nSPS) is 17.3. The van der Waals surface area contributed by atoms with Crippen molar-refractivity contribution in [1.82, 2.24) is 4.72 Å². The molecule has 4 nitrogen and oxygen atoms in total. The van der Waals surface area contributed by atoms with Crippen LogP contribution in [-0.2, 0) is 10.0 Å². The summed E-state index contributed by atoms with van der Waals surface area (Å²) in [5.74, 6) is -0.164. The average molecular weight is 322 g/mol. The molecule has 2 rings (SSSR count). The first-order chi connectivity index (χ1) is 9.40. The lowest BCUT2D eigenvalue weighted by molar-refractivity contribution is 0.470. The van der Waals surface area contributed by atoms with Gasteiger partial charge in [0, 0.05) is 12.2 Å². The molecule has 1 heterocycles. The fourth-order valence-corrected chi connectivity index (χ4v) is 4.52. The topological polar surface area (TPSA) is 72.2 Å². The van der Waals surface area contributed by atoms with Crippen molar-refractivity contribution in [3.63, 3.8) is 0 Å². The summed E-state index contributed by atoms with van der Waals surface area (Å²) in [4.78, 5) is -0.961. The third kappa shape index (κ3) is 3.62. The highest BCUT2D eigenvalue weighted by atomic mass is 32.2. The Morgan fingerprint density at radius 2 is 1.80 bits per heavy atom. The van der Waals surface area contributed by atoms with E-state index in [4.69, 9.17) is 5.73 Å². The molecule has 0 spiro atoms. The van der Waals surface area contributed by atoms with Gasteiger partial charge in [0.1, 0.15) is 11.6 Å². The Morgan fingerprint density at radius 1 is 1.25 bits per heavy atom. The second-order valence-electron chi connectivity index (χ2n) is 4.72. The number of sulfonamides is 1. The number of hydrogen-bond acceptors (Lipinski definition) is 4. The van der Waals surface area contributed by atoms with Crippen molar-refractivity contribution in [3.05, 3.63) is 23.8 Å². The maximum absolute atomic E-state index is 13.6. The third-order valence-electron chi connectivity index (χ3n) is 3.19. The van der Waals surface area contributed by atoms with Gasteiger partial charge in [0.2, 0.25) is 10.0 Å². The number of halogens is 2. The number of thioether (sulfide) groups is 1. The van der Waals surface area contributed by atoms with E-state index in [1.807, 2.05) is 11.8 Å². The van der Waals surface area contributed by atoms with Gasteiger partial charge < -0.3 is 5.73 Å². The van der Waals surface area contributed by atoms with Crippen LogP contribution in [0.3, 0.4) is 0 Å². The highest BCUT2D eigenvalue weighted by Gasteiger charge is 2.25. The van der Waals surface area contributed by atoms with Crippen molar-refractivity contribution < 1.29 is 17.2 Å². The number of hydrogen-bond donors (Lipinski definition) is 2. The lowest BCUT2D eigenvalue weighted by Crippen LogP contribution is -2.32. The Labute approximate surface area is 121 Å². The highest BCUT2D eigenvalue weighted by molar-refractivity contribution is 7.99. The van der Waals surface area contributed by atoms with Crippen molar-refractivity contribution in [3.8, 4) is 0 Å².